The molecule has 2 atom stereocenters. The fourth-order valence-corrected chi connectivity index (χ4v) is 5.33. The summed E-state index contributed by atoms with van der Waals surface area (Å²) in [5.41, 5.74) is 0.689. The van der Waals surface area contributed by atoms with E-state index in [0.717, 1.165) is 0 Å². The first-order valence-electron chi connectivity index (χ1n) is 14.9. The molecule has 1 N–H and O–H groups in total. The maximum atomic E-state index is 13.4. The Labute approximate surface area is 257 Å². The second-order valence-electron chi connectivity index (χ2n) is 11.4. The summed E-state index contributed by atoms with van der Waals surface area (Å²) < 4.78 is 7.19. The van der Waals surface area contributed by atoms with E-state index in [9.17, 15) is 14.4 Å². The molecule has 0 bridgehead atoms. The summed E-state index contributed by atoms with van der Waals surface area (Å²) >= 11 is 6.25. The highest BCUT2D eigenvalue weighted by Crippen LogP contribution is 2.25. The van der Waals surface area contributed by atoms with Crippen LogP contribution in [0.2, 0.25) is 5.02 Å². The van der Waals surface area contributed by atoms with Gasteiger partial charge < -0.3 is 19.6 Å². The minimum absolute atomic E-state index is 0.0301. The number of nitrogens with one attached hydrogen (secondary N) is 1. The van der Waals surface area contributed by atoms with E-state index in [2.05, 4.69) is 39.4 Å². The van der Waals surface area contributed by atoms with Crippen molar-refractivity contribution in [3.05, 3.63) is 46.8 Å². The zero-order valence-corrected chi connectivity index (χ0v) is 26.3. The Morgan fingerprint density at radius 3 is 2.67 bits per heavy atom. The van der Waals surface area contributed by atoms with Crippen LogP contribution in [0.4, 0.5) is 0 Å². The fourth-order valence-electron chi connectivity index (χ4n) is 5.11. The van der Waals surface area contributed by atoms with Gasteiger partial charge in [-0.15, -0.1) is 0 Å². The largest absolute Gasteiger partial charge is 0.344 e. The average Bonchev–Trinajstić information content (AvgIpc) is 3.59. The third kappa shape index (κ3) is 8.40. The van der Waals surface area contributed by atoms with E-state index in [4.69, 9.17) is 16.1 Å². The molecule has 12 nitrogen and oxygen atoms in total. The number of likely N-dealkylation sites (N-methyl/N-ethyl adjacent to an activating group) is 1. The predicted octanol–water partition coefficient (Wildman–Crippen LogP) is 3.99. The molecule has 232 valence electrons. The lowest BCUT2D eigenvalue weighted by atomic mass is 10.0. The van der Waals surface area contributed by atoms with E-state index < -0.39 is 6.04 Å². The number of carbonyl (C=O) groups is 3. The van der Waals surface area contributed by atoms with Crippen molar-refractivity contribution in [3.63, 3.8) is 0 Å². The van der Waals surface area contributed by atoms with Gasteiger partial charge in [-0.25, -0.2) is 9.67 Å². The lowest BCUT2D eigenvalue weighted by molar-refractivity contribution is -0.139. The van der Waals surface area contributed by atoms with Crippen LogP contribution in [0.3, 0.4) is 0 Å². The van der Waals surface area contributed by atoms with E-state index >= 15 is 0 Å². The molecule has 3 amide bonds. The molecule has 4 rings (SSSR count). The smallest absolute Gasteiger partial charge is 0.243 e. The molecule has 0 aliphatic carbocycles. The van der Waals surface area contributed by atoms with Crippen LogP contribution in [0.25, 0.3) is 11.4 Å². The van der Waals surface area contributed by atoms with Gasteiger partial charge in [0.1, 0.15) is 17.7 Å². The standard InChI is InChI=1S/C30H41ClN8O4/c1-19(2)18-24-29-32-21(4)35-39(29)17-16-38(15-9-14-26(40)37(5)20(3)30(42)33-24)27(41)13-8-12-25-34-28(36-43-25)22-10-6-7-11-23(22)31/h6-7,10-11,19-20,24H,8-9,12-18H2,1-5H3,(H,33,42)/t20-,24+/m0/s1. The van der Waals surface area contributed by atoms with Crippen LogP contribution in [-0.2, 0) is 27.3 Å². The van der Waals surface area contributed by atoms with Crippen molar-refractivity contribution in [3.8, 4) is 11.4 Å². The van der Waals surface area contributed by atoms with Crippen molar-refractivity contribution < 1.29 is 18.9 Å². The van der Waals surface area contributed by atoms with Gasteiger partial charge in [-0.2, -0.15) is 10.1 Å². The summed E-state index contributed by atoms with van der Waals surface area (Å²) in [5.74, 6) is 1.97. The molecule has 0 fully saturated rings. The number of nitrogens with zero attached hydrogens (tertiary/aromatic N) is 7. The number of benzene rings is 1. The molecule has 13 heteroatoms. The van der Waals surface area contributed by atoms with Gasteiger partial charge in [0.05, 0.1) is 17.6 Å². The molecule has 1 aliphatic heterocycles. The Hall–Kier alpha value is -3.80. The lowest BCUT2D eigenvalue weighted by Crippen LogP contribution is -2.47. The fraction of sp³-hybridized carbons (Fsp3) is 0.567. The van der Waals surface area contributed by atoms with Gasteiger partial charge in [-0.05, 0) is 51.2 Å². The summed E-state index contributed by atoms with van der Waals surface area (Å²) in [4.78, 5) is 51.8. The van der Waals surface area contributed by atoms with E-state index in [1.165, 1.54) is 4.90 Å². The number of rotatable bonds is 7. The zero-order valence-electron chi connectivity index (χ0n) is 25.5. The topological polar surface area (TPSA) is 139 Å². The van der Waals surface area contributed by atoms with Crippen molar-refractivity contribution in [2.45, 2.75) is 84.8 Å². The number of aryl methyl sites for hydroxylation is 2. The molecule has 0 radical (unpaired) electrons. The van der Waals surface area contributed by atoms with Crippen LogP contribution in [0, 0.1) is 12.8 Å². The summed E-state index contributed by atoms with van der Waals surface area (Å²) in [6, 6.07) is 6.25. The van der Waals surface area contributed by atoms with Crippen molar-refractivity contribution in [1.82, 2.24) is 40.0 Å². The third-order valence-corrected chi connectivity index (χ3v) is 7.94. The number of fused-ring (bicyclic) bond motifs is 1. The van der Waals surface area contributed by atoms with Crippen LogP contribution >= 0.6 is 11.6 Å². The zero-order chi connectivity index (χ0) is 31.1. The SMILES string of the molecule is Cc1nc2n(n1)CCN(C(=O)CCCc1nc(-c3ccccc3Cl)no1)CCCC(=O)N(C)[C@@H](C)C(=O)N[C@@H]2CC(C)C. The van der Waals surface area contributed by atoms with Crippen molar-refractivity contribution in [2.24, 2.45) is 5.92 Å². The van der Waals surface area contributed by atoms with Gasteiger partial charge in [0, 0.05) is 45.0 Å². The first-order valence-corrected chi connectivity index (χ1v) is 15.2. The van der Waals surface area contributed by atoms with Crippen LogP contribution in [-0.4, -0.2) is 78.6 Å². The first kappa shape index (κ1) is 32.1. The molecule has 0 unspecified atom stereocenters. The second kappa shape index (κ2) is 14.6. The molecule has 43 heavy (non-hydrogen) atoms. The van der Waals surface area contributed by atoms with E-state index in [1.54, 1.807) is 29.6 Å². The Morgan fingerprint density at radius 1 is 1.16 bits per heavy atom. The molecular formula is C30H41ClN8O4. The summed E-state index contributed by atoms with van der Waals surface area (Å²) in [6.07, 6.45) is 2.62. The molecular weight excluding hydrogens is 572 g/mol. The van der Waals surface area contributed by atoms with Gasteiger partial charge in [0.2, 0.25) is 29.4 Å². The van der Waals surface area contributed by atoms with Crippen molar-refractivity contribution in [2.75, 3.05) is 20.1 Å². The molecule has 1 aromatic carbocycles. The number of hydrogen-bond donors (Lipinski definition) is 1. The Morgan fingerprint density at radius 2 is 1.93 bits per heavy atom. The third-order valence-electron chi connectivity index (χ3n) is 7.61. The molecule has 1 aliphatic rings. The monoisotopic (exact) mass is 612 g/mol. The molecule has 2 aromatic heterocycles. The highest BCUT2D eigenvalue weighted by molar-refractivity contribution is 6.33. The van der Waals surface area contributed by atoms with Crippen LogP contribution in [0.15, 0.2) is 28.8 Å². The Bertz CT molecular complexity index is 1420. The highest BCUT2D eigenvalue weighted by Gasteiger charge is 2.29. The maximum Gasteiger partial charge on any atom is 0.243 e. The van der Waals surface area contributed by atoms with Gasteiger partial charge in [0.25, 0.3) is 0 Å². The summed E-state index contributed by atoms with van der Waals surface area (Å²) in [7, 11) is 1.64. The quantitative estimate of drug-likeness (QED) is 0.423. The van der Waals surface area contributed by atoms with E-state index in [1.807, 2.05) is 25.1 Å². The molecule has 3 aromatic rings. The molecule has 0 saturated carbocycles. The minimum Gasteiger partial charge on any atom is -0.344 e. The number of amides is 3. The normalized spacial score (nSPS) is 18.9. The lowest BCUT2D eigenvalue weighted by Gasteiger charge is -2.29. The van der Waals surface area contributed by atoms with E-state index in [0.29, 0.717) is 79.3 Å². The molecule has 3 heterocycles. The van der Waals surface area contributed by atoms with Gasteiger partial charge in [-0.3, -0.25) is 14.4 Å². The van der Waals surface area contributed by atoms with Crippen molar-refractivity contribution in [1.29, 1.82) is 0 Å². The van der Waals surface area contributed by atoms with Crippen LogP contribution in [0.1, 0.15) is 76.5 Å². The van der Waals surface area contributed by atoms with Crippen molar-refractivity contribution >= 4 is 29.3 Å². The minimum atomic E-state index is -0.650. The van der Waals surface area contributed by atoms with Gasteiger partial charge >= 0.3 is 0 Å². The second-order valence-corrected chi connectivity index (χ2v) is 11.8. The predicted molar refractivity (Wildman–Crippen MR) is 161 cm³/mol. The van der Waals surface area contributed by atoms with Gasteiger partial charge in [-0.1, -0.05) is 42.7 Å². The Balaban J connectivity index is 1.47. The average molecular weight is 613 g/mol. The molecule has 0 spiro atoms. The summed E-state index contributed by atoms with van der Waals surface area (Å²) in [6.45, 7) is 8.92. The van der Waals surface area contributed by atoms with E-state index in [-0.39, 0.29) is 42.5 Å². The highest BCUT2D eigenvalue weighted by atomic mass is 35.5. The molecule has 0 saturated heterocycles. The van der Waals surface area contributed by atoms with Crippen LogP contribution < -0.4 is 5.32 Å². The van der Waals surface area contributed by atoms with Gasteiger partial charge in [0.15, 0.2) is 0 Å². The maximum absolute atomic E-state index is 13.4. The van der Waals surface area contributed by atoms with Crippen LogP contribution in [0.5, 0.6) is 0 Å². The number of aromatic nitrogens is 5. The Kier molecular flexibility index (Phi) is 10.9. The first-order chi connectivity index (χ1) is 20.5. The number of hydrogen-bond acceptors (Lipinski definition) is 8. The number of carbonyl (C=O) groups excluding carboxylic acids is 3. The number of halogens is 1. The summed E-state index contributed by atoms with van der Waals surface area (Å²) in [5, 5.41) is 12.3.